The third-order valence-electron chi connectivity index (χ3n) is 1.53. The fourth-order valence-corrected chi connectivity index (χ4v) is 1.03. The van der Waals surface area contributed by atoms with Gasteiger partial charge in [0.25, 0.3) is 0 Å². The van der Waals surface area contributed by atoms with Crippen molar-refractivity contribution in [3.8, 4) is 0 Å². The second kappa shape index (κ2) is 9.06. The molecule has 0 fully saturated rings. The van der Waals surface area contributed by atoms with Crippen LogP contribution < -0.4 is 5.11 Å². The first kappa shape index (κ1) is 19.4. The molecule has 8 nitrogen and oxygen atoms in total. The highest BCUT2D eigenvalue weighted by atomic mass is 16.4. The predicted molar refractivity (Wildman–Crippen MR) is 62.9 cm³/mol. The van der Waals surface area contributed by atoms with E-state index in [1.165, 1.54) is 0 Å². The number of aliphatic carboxylic acids is 3. The Hall–Kier alpha value is -1.93. The molecule has 1 atom stereocenters. The topological polar surface area (TPSA) is 135 Å². The van der Waals surface area contributed by atoms with Gasteiger partial charge in [-0.25, -0.2) is 9.59 Å². The van der Waals surface area contributed by atoms with E-state index in [4.69, 9.17) is 15.3 Å². The summed E-state index contributed by atoms with van der Waals surface area (Å²) in [6.45, 7) is 0.425. The normalized spacial score (nSPS) is 12.4. The number of carboxylic acid groups (broad SMARTS) is 3. The largest absolute Gasteiger partial charge is 0.550 e. The van der Waals surface area contributed by atoms with Crippen LogP contribution in [0.4, 0.5) is 0 Å². The lowest BCUT2D eigenvalue weighted by molar-refractivity contribution is -0.873. The Morgan fingerprint density at radius 3 is 1.68 bits per heavy atom. The van der Waals surface area contributed by atoms with Crippen LogP contribution in [-0.4, -0.2) is 71.5 Å². The molecule has 0 heterocycles. The summed E-state index contributed by atoms with van der Waals surface area (Å²) in [5.41, 5.74) is 0. The highest BCUT2D eigenvalue weighted by Gasteiger charge is 2.14. The third kappa shape index (κ3) is 21.8. The number of likely N-dealkylation sites (N-methyl/N-ethyl adjacent to an activating group) is 1. The molecule has 0 saturated heterocycles. The van der Waals surface area contributed by atoms with Gasteiger partial charge in [0.1, 0.15) is 12.6 Å². The number of hydrogen-bond acceptors (Lipinski definition) is 5. The maximum absolute atomic E-state index is 10.0. The first-order chi connectivity index (χ1) is 8.44. The summed E-state index contributed by atoms with van der Waals surface area (Å²) in [5, 5.41) is 34.8. The fraction of sp³-hybridized carbons (Fsp3) is 0.545. The SMILES string of the molecule is C[N+](C)(C)C[C@H](O)CC(=O)[O-].O=C(O)/C=C/C(=O)O. The van der Waals surface area contributed by atoms with Crippen LogP contribution in [0, 0.1) is 0 Å². The van der Waals surface area contributed by atoms with Crippen molar-refractivity contribution < 1.29 is 39.3 Å². The summed E-state index contributed by atoms with van der Waals surface area (Å²) in [6, 6.07) is 0. The lowest BCUT2D eigenvalue weighted by Gasteiger charge is -2.26. The van der Waals surface area contributed by atoms with Crippen molar-refractivity contribution in [3.63, 3.8) is 0 Å². The van der Waals surface area contributed by atoms with Gasteiger partial charge in [-0.1, -0.05) is 0 Å². The molecular weight excluding hydrogens is 258 g/mol. The zero-order chi connectivity index (χ0) is 15.6. The molecule has 0 aliphatic rings. The average molecular weight is 277 g/mol. The van der Waals surface area contributed by atoms with Crippen LogP contribution in [0.5, 0.6) is 0 Å². The zero-order valence-electron chi connectivity index (χ0n) is 11.1. The highest BCUT2D eigenvalue weighted by molar-refractivity contribution is 5.89. The van der Waals surface area contributed by atoms with E-state index in [0.717, 1.165) is 0 Å². The van der Waals surface area contributed by atoms with Gasteiger partial charge in [-0.15, -0.1) is 0 Å². The van der Waals surface area contributed by atoms with Crippen molar-refractivity contribution in [2.75, 3.05) is 27.7 Å². The Morgan fingerprint density at radius 2 is 1.47 bits per heavy atom. The number of carbonyl (C=O) groups excluding carboxylic acids is 1. The van der Waals surface area contributed by atoms with Gasteiger partial charge in [-0.05, 0) is 0 Å². The Labute approximate surface area is 110 Å². The summed E-state index contributed by atoms with van der Waals surface area (Å²) >= 11 is 0. The maximum atomic E-state index is 10.0. The molecule has 0 aromatic carbocycles. The van der Waals surface area contributed by atoms with Gasteiger partial charge in [-0.2, -0.15) is 0 Å². The van der Waals surface area contributed by atoms with Crippen molar-refractivity contribution >= 4 is 17.9 Å². The van der Waals surface area contributed by atoms with E-state index < -0.39 is 24.0 Å². The molecule has 0 saturated carbocycles. The number of aliphatic hydroxyl groups excluding tert-OH is 1. The number of hydrogen-bond donors (Lipinski definition) is 3. The number of carboxylic acids is 3. The van der Waals surface area contributed by atoms with Crippen molar-refractivity contribution in [2.45, 2.75) is 12.5 Å². The fourth-order valence-electron chi connectivity index (χ4n) is 1.03. The van der Waals surface area contributed by atoms with Crippen molar-refractivity contribution in [3.05, 3.63) is 12.2 Å². The molecule has 0 aromatic heterocycles. The van der Waals surface area contributed by atoms with E-state index in [0.29, 0.717) is 23.2 Å². The number of rotatable bonds is 6. The lowest BCUT2D eigenvalue weighted by Crippen LogP contribution is -2.43. The number of nitrogens with zero attached hydrogens (tertiary/aromatic N) is 1. The Balaban J connectivity index is 0. The minimum Gasteiger partial charge on any atom is -0.550 e. The van der Waals surface area contributed by atoms with Gasteiger partial charge in [0.2, 0.25) is 0 Å². The number of carbonyl (C=O) groups is 3. The summed E-state index contributed by atoms with van der Waals surface area (Å²) in [5.74, 6) is -3.72. The van der Waals surface area contributed by atoms with Crippen molar-refractivity contribution in [1.29, 1.82) is 0 Å². The van der Waals surface area contributed by atoms with Crippen LogP contribution in [0.3, 0.4) is 0 Å². The van der Waals surface area contributed by atoms with E-state index in [-0.39, 0.29) is 6.42 Å². The molecule has 0 amide bonds. The molecule has 0 bridgehead atoms. The minimum atomic E-state index is -1.26. The van der Waals surface area contributed by atoms with Crippen LogP contribution in [0.2, 0.25) is 0 Å². The smallest absolute Gasteiger partial charge is 0.328 e. The van der Waals surface area contributed by atoms with Crippen molar-refractivity contribution in [2.24, 2.45) is 0 Å². The Kier molecular flexibility index (Phi) is 9.26. The minimum absolute atomic E-state index is 0.282. The molecule has 3 N–H and O–H groups in total. The molecule has 0 spiro atoms. The molecule has 0 rings (SSSR count). The predicted octanol–water partition coefficient (Wildman–Crippen LogP) is -2.09. The van der Waals surface area contributed by atoms with Gasteiger partial charge < -0.3 is 29.7 Å². The molecule has 19 heavy (non-hydrogen) atoms. The Morgan fingerprint density at radius 1 is 1.11 bits per heavy atom. The zero-order valence-corrected chi connectivity index (χ0v) is 11.1. The first-order valence-electron chi connectivity index (χ1n) is 5.26. The molecular formula is C11H19NO7. The third-order valence-corrected chi connectivity index (χ3v) is 1.53. The molecule has 0 aliphatic heterocycles. The molecule has 8 heteroatoms. The molecule has 110 valence electrons. The van der Waals surface area contributed by atoms with Crippen LogP contribution >= 0.6 is 0 Å². The van der Waals surface area contributed by atoms with E-state index in [9.17, 15) is 19.5 Å². The molecule has 0 radical (unpaired) electrons. The summed E-state index contributed by atoms with van der Waals surface area (Å²) in [6.07, 6.45) is 0.0280. The molecule has 0 aliphatic carbocycles. The van der Waals surface area contributed by atoms with E-state index in [1.54, 1.807) is 0 Å². The summed E-state index contributed by atoms with van der Waals surface area (Å²) in [7, 11) is 5.66. The summed E-state index contributed by atoms with van der Waals surface area (Å²) < 4.78 is 0.550. The Bertz CT molecular complexity index is 327. The van der Waals surface area contributed by atoms with Crippen LogP contribution in [0.1, 0.15) is 6.42 Å². The van der Waals surface area contributed by atoms with E-state index in [1.807, 2.05) is 21.1 Å². The van der Waals surface area contributed by atoms with Gasteiger partial charge >= 0.3 is 11.9 Å². The second-order valence-corrected chi connectivity index (χ2v) is 4.71. The first-order valence-corrected chi connectivity index (χ1v) is 5.26. The standard InChI is InChI=1S/C7H15NO3.C4H4O4/c1-8(2,3)5-6(9)4-7(10)11;5-3(6)1-2-4(7)8/h6,9H,4-5H2,1-3H3;1-2H,(H,5,6)(H,7,8)/b;2-1+/t6-;/m1./s1. The quantitative estimate of drug-likeness (QED) is 0.374. The maximum Gasteiger partial charge on any atom is 0.328 e. The number of quaternary nitrogens is 1. The average Bonchev–Trinajstić information content (AvgIpc) is 2.10. The van der Waals surface area contributed by atoms with Crippen LogP contribution in [0.25, 0.3) is 0 Å². The lowest BCUT2D eigenvalue weighted by atomic mass is 10.2. The van der Waals surface area contributed by atoms with Crippen molar-refractivity contribution in [1.82, 2.24) is 0 Å². The van der Waals surface area contributed by atoms with Gasteiger partial charge in [0.05, 0.1) is 21.1 Å². The van der Waals surface area contributed by atoms with E-state index >= 15 is 0 Å². The number of aliphatic hydroxyl groups is 1. The summed E-state index contributed by atoms with van der Waals surface area (Å²) in [4.78, 5) is 29.1. The van der Waals surface area contributed by atoms with Crippen LogP contribution in [0.15, 0.2) is 12.2 Å². The van der Waals surface area contributed by atoms with Gasteiger partial charge in [0, 0.05) is 24.5 Å². The van der Waals surface area contributed by atoms with Gasteiger partial charge in [-0.3, -0.25) is 0 Å². The van der Waals surface area contributed by atoms with E-state index in [2.05, 4.69) is 0 Å². The molecule has 0 aromatic rings. The highest BCUT2D eigenvalue weighted by Crippen LogP contribution is 1.97. The van der Waals surface area contributed by atoms with Crippen LogP contribution in [-0.2, 0) is 14.4 Å². The van der Waals surface area contributed by atoms with Gasteiger partial charge in [0.15, 0.2) is 0 Å². The monoisotopic (exact) mass is 277 g/mol. The second-order valence-electron chi connectivity index (χ2n) is 4.71. The molecule has 0 unspecified atom stereocenters.